The maximum absolute atomic E-state index is 12.0. The number of unbranched alkanes of at least 4 members (excludes halogenated alkanes) is 1. The molecule has 1 aliphatic rings. The summed E-state index contributed by atoms with van der Waals surface area (Å²) < 4.78 is 1.14. The number of halogens is 1. The van der Waals surface area contributed by atoms with Gasteiger partial charge in [0.1, 0.15) is 0 Å². The van der Waals surface area contributed by atoms with Gasteiger partial charge < -0.3 is 15.1 Å². The number of thiophene rings is 1. The number of hydrogen-bond donors (Lipinski definition) is 1. The molecule has 2 aromatic rings. The van der Waals surface area contributed by atoms with Gasteiger partial charge in [0, 0.05) is 53.8 Å². The third-order valence-corrected chi connectivity index (χ3v) is 6.71. The van der Waals surface area contributed by atoms with Crippen molar-refractivity contribution in [1.29, 1.82) is 0 Å². The zero-order valence-electron chi connectivity index (χ0n) is 15.9. The molecule has 0 bridgehead atoms. The first-order valence-electron chi connectivity index (χ1n) is 9.75. The van der Waals surface area contributed by atoms with Crippen molar-refractivity contribution in [2.75, 3.05) is 45.8 Å². The largest absolute Gasteiger partial charge is 0.353 e. The van der Waals surface area contributed by atoms with E-state index in [1.54, 1.807) is 17.4 Å². The van der Waals surface area contributed by atoms with Crippen LogP contribution in [0.5, 0.6) is 0 Å². The van der Waals surface area contributed by atoms with Crippen LogP contribution in [0, 0.1) is 0 Å². The molecule has 3 rings (SSSR count). The minimum Gasteiger partial charge on any atom is -0.353 e. The number of amides is 1. The monoisotopic (exact) mass is 405 g/mol. The number of carbonyl (C=O) groups is 1. The fourth-order valence-electron chi connectivity index (χ4n) is 3.35. The van der Waals surface area contributed by atoms with Gasteiger partial charge in [-0.3, -0.25) is 4.79 Å². The average molecular weight is 406 g/mol. The first kappa shape index (κ1) is 20.3. The maximum Gasteiger partial charge on any atom is 0.244 e. The standard InChI is InChI=1S/C21H28ClN3OS/c1-2-24-13-15-25(16-14-24)12-6-5-11-23-20(26)10-9-19-21(22)17-7-3-4-8-18(17)27-19/h3-4,7-10H,2,5-6,11-16H2,1H3,(H,23,26). The average Bonchev–Trinajstić information content (AvgIpc) is 3.02. The van der Waals surface area contributed by atoms with E-state index in [1.165, 1.54) is 26.2 Å². The van der Waals surface area contributed by atoms with Crippen molar-refractivity contribution in [1.82, 2.24) is 15.1 Å². The topological polar surface area (TPSA) is 35.6 Å². The lowest BCUT2D eigenvalue weighted by Gasteiger charge is -2.33. The zero-order chi connectivity index (χ0) is 19.1. The summed E-state index contributed by atoms with van der Waals surface area (Å²) in [5.74, 6) is -0.0555. The van der Waals surface area contributed by atoms with Crippen LogP contribution in [-0.2, 0) is 4.79 Å². The molecule has 27 heavy (non-hydrogen) atoms. The minimum absolute atomic E-state index is 0.0555. The highest BCUT2D eigenvalue weighted by atomic mass is 35.5. The third kappa shape index (κ3) is 5.79. The van der Waals surface area contributed by atoms with E-state index in [4.69, 9.17) is 11.6 Å². The highest BCUT2D eigenvalue weighted by molar-refractivity contribution is 7.20. The van der Waals surface area contributed by atoms with E-state index in [0.29, 0.717) is 0 Å². The van der Waals surface area contributed by atoms with E-state index in [2.05, 4.69) is 22.0 Å². The molecule has 0 saturated carbocycles. The number of benzene rings is 1. The van der Waals surface area contributed by atoms with E-state index >= 15 is 0 Å². The first-order valence-corrected chi connectivity index (χ1v) is 10.9. The Morgan fingerprint density at radius 2 is 1.93 bits per heavy atom. The first-order chi connectivity index (χ1) is 13.2. The molecule has 1 N–H and O–H groups in total. The van der Waals surface area contributed by atoms with Crippen LogP contribution < -0.4 is 5.32 Å². The molecule has 2 heterocycles. The molecule has 4 nitrogen and oxygen atoms in total. The molecule has 1 amide bonds. The van der Waals surface area contributed by atoms with Gasteiger partial charge in [0.05, 0.1) is 5.02 Å². The van der Waals surface area contributed by atoms with Crippen molar-refractivity contribution in [3.63, 3.8) is 0 Å². The summed E-state index contributed by atoms with van der Waals surface area (Å²) >= 11 is 8.01. The van der Waals surface area contributed by atoms with E-state index in [9.17, 15) is 4.79 Å². The van der Waals surface area contributed by atoms with Crippen LogP contribution in [0.15, 0.2) is 30.3 Å². The van der Waals surface area contributed by atoms with Gasteiger partial charge in [-0.1, -0.05) is 36.7 Å². The van der Waals surface area contributed by atoms with Crippen molar-refractivity contribution in [2.45, 2.75) is 19.8 Å². The van der Waals surface area contributed by atoms with Gasteiger partial charge in [-0.15, -0.1) is 11.3 Å². The number of hydrogen-bond acceptors (Lipinski definition) is 4. The predicted octanol–water partition coefficient (Wildman–Crippen LogP) is 4.10. The molecule has 0 unspecified atom stereocenters. The van der Waals surface area contributed by atoms with Crippen molar-refractivity contribution < 1.29 is 4.79 Å². The second-order valence-corrected chi connectivity index (χ2v) is 8.35. The normalized spacial score (nSPS) is 16.4. The summed E-state index contributed by atoms with van der Waals surface area (Å²) in [5, 5.41) is 4.74. The Bertz CT molecular complexity index is 781. The van der Waals surface area contributed by atoms with Crippen LogP contribution in [0.2, 0.25) is 5.02 Å². The van der Waals surface area contributed by atoms with Crippen molar-refractivity contribution in [2.24, 2.45) is 0 Å². The minimum atomic E-state index is -0.0555. The summed E-state index contributed by atoms with van der Waals surface area (Å²) in [6.07, 6.45) is 5.53. The summed E-state index contributed by atoms with van der Waals surface area (Å²) in [4.78, 5) is 18.0. The zero-order valence-corrected chi connectivity index (χ0v) is 17.5. The van der Waals surface area contributed by atoms with Crippen LogP contribution in [-0.4, -0.2) is 61.5 Å². The Morgan fingerprint density at radius 3 is 2.67 bits per heavy atom. The lowest BCUT2D eigenvalue weighted by Crippen LogP contribution is -2.46. The number of carbonyl (C=O) groups excluding carboxylic acids is 1. The summed E-state index contributed by atoms with van der Waals surface area (Å²) in [7, 11) is 0. The fourth-order valence-corrected chi connectivity index (χ4v) is 4.75. The van der Waals surface area contributed by atoms with Gasteiger partial charge in [-0.2, -0.15) is 0 Å². The van der Waals surface area contributed by atoms with Crippen LogP contribution in [0.1, 0.15) is 24.6 Å². The molecule has 0 radical (unpaired) electrons. The SMILES string of the molecule is CCN1CCN(CCCCNC(=O)C=Cc2sc3ccccc3c2Cl)CC1. The second kappa shape index (κ2) is 10.2. The molecule has 1 aromatic carbocycles. The molecule has 0 spiro atoms. The van der Waals surface area contributed by atoms with Gasteiger partial charge in [0.15, 0.2) is 0 Å². The van der Waals surface area contributed by atoms with Crippen LogP contribution in [0.25, 0.3) is 16.2 Å². The van der Waals surface area contributed by atoms with Gasteiger partial charge in [-0.05, 0) is 38.1 Å². The van der Waals surface area contributed by atoms with Crippen LogP contribution in [0.4, 0.5) is 0 Å². The molecule has 1 fully saturated rings. The Hall–Kier alpha value is -1.40. The number of nitrogens with zero attached hydrogens (tertiary/aromatic N) is 2. The summed E-state index contributed by atoms with van der Waals surface area (Å²) in [6, 6.07) is 8.03. The quantitative estimate of drug-likeness (QED) is 0.530. The van der Waals surface area contributed by atoms with Gasteiger partial charge in [0.25, 0.3) is 0 Å². The van der Waals surface area contributed by atoms with Gasteiger partial charge in [-0.25, -0.2) is 0 Å². The van der Waals surface area contributed by atoms with E-state index < -0.39 is 0 Å². The Morgan fingerprint density at radius 1 is 1.19 bits per heavy atom. The molecular formula is C21H28ClN3OS. The number of nitrogens with one attached hydrogen (secondary N) is 1. The van der Waals surface area contributed by atoms with E-state index in [0.717, 1.165) is 52.5 Å². The lowest BCUT2D eigenvalue weighted by atomic mass is 10.2. The van der Waals surface area contributed by atoms with Crippen LogP contribution in [0.3, 0.4) is 0 Å². The Kier molecular flexibility index (Phi) is 7.70. The molecule has 6 heteroatoms. The number of fused-ring (bicyclic) bond motifs is 1. The molecule has 1 saturated heterocycles. The predicted molar refractivity (Wildman–Crippen MR) is 117 cm³/mol. The molecule has 0 aliphatic carbocycles. The van der Waals surface area contributed by atoms with Crippen LogP contribution >= 0.6 is 22.9 Å². The van der Waals surface area contributed by atoms with Crippen molar-refractivity contribution in [3.8, 4) is 0 Å². The number of likely N-dealkylation sites (N-methyl/N-ethyl adjacent to an activating group) is 1. The molecule has 0 atom stereocenters. The summed E-state index contributed by atoms with van der Waals surface area (Å²) in [5.41, 5.74) is 0. The highest BCUT2D eigenvalue weighted by Gasteiger charge is 2.14. The van der Waals surface area contributed by atoms with Gasteiger partial charge >= 0.3 is 0 Å². The number of piperazine rings is 1. The van der Waals surface area contributed by atoms with Crippen molar-refractivity contribution in [3.05, 3.63) is 40.2 Å². The summed E-state index contributed by atoms with van der Waals surface area (Å²) in [6.45, 7) is 9.91. The fraction of sp³-hybridized carbons (Fsp3) is 0.476. The number of rotatable bonds is 8. The third-order valence-electron chi connectivity index (χ3n) is 5.06. The molecule has 1 aromatic heterocycles. The molecular weight excluding hydrogens is 378 g/mol. The van der Waals surface area contributed by atoms with Crippen molar-refractivity contribution >= 4 is 45.0 Å². The van der Waals surface area contributed by atoms with E-state index in [1.807, 2.05) is 30.3 Å². The smallest absolute Gasteiger partial charge is 0.244 e. The Balaban J connectivity index is 1.35. The van der Waals surface area contributed by atoms with E-state index in [-0.39, 0.29) is 5.91 Å². The lowest BCUT2D eigenvalue weighted by molar-refractivity contribution is -0.116. The highest BCUT2D eigenvalue weighted by Crippen LogP contribution is 2.35. The maximum atomic E-state index is 12.0. The van der Waals surface area contributed by atoms with Gasteiger partial charge in [0.2, 0.25) is 5.91 Å². The molecule has 146 valence electrons. The second-order valence-electron chi connectivity index (χ2n) is 6.88. The molecule has 1 aliphatic heterocycles. The Labute approximate surface area is 170 Å².